The van der Waals surface area contributed by atoms with E-state index >= 15 is 0 Å². The Morgan fingerprint density at radius 2 is 1.88 bits per heavy atom. The summed E-state index contributed by atoms with van der Waals surface area (Å²) in [5, 5.41) is 14.2. The lowest BCUT2D eigenvalue weighted by atomic mass is 9.82. The Morgan fingerprint density at radius 3 is 2.55 bits per heavy atom. The Balaban J connectivity index is 1.49. The summed E-state index contributed by atoms with van der Waals surface area (Å²) < 4.78 is 62.6. The highest BCUT2D eigenvalue weighted by atomic mass is 19.4. The molecule has 2 amide bonds. The standard InChI is InChI=1S/C29H24F4N4O5/c1-27(26(34)39)14-41-24-19(27)12-21(37-23(24)15-5-7-18(30)8-6-15)28(2,40)13-36-25(38)17-10-16-4-3-9-35-22(16)20(11-17)42-29(31,32)33/h3-12,40H,13-14H2,1-2H3,(H2,34,39)(H,36,38)/t27-,28-/m0/s1. The molecule has 0 saturated heterocycles. The third-order valence-electron chi connectivity index (χ3n) is 7.04. The number of aliphatic hydroxyl groups is 1. The predicted molar refractivity (Wildman–Crippen MR) is 142 cm³/mol. The quantitative estimate of drug-likeness (QED) is 0.278. The second-order valence-corrected chi connectivity index (χ2v) is 10.3. The van der Waals surface area contributed by atoms with Crippen molar-refractivity contribution in [2.75, 3.05) is 13.2 Å². The molecular weight excluding hydrogens is 560 g/mol. The Morgan fingerprint density at radius 1 is 1.17 bits per heavy atom. The molecule has 2 aromatic carbocycles. The number of ether oxygens (including phenoxy) is 2. The van der Waals surface area contributed by atoms with Crippen LogP contribution in [0.25, 0.3) is 22.2 Å². The number of carbonyl (C=O) groups excluding carboxylic acids is 2. The summed E-state index contributed by atoms with van der Waals surface area (Å²) in [4.78, 5) is 33.9. The van der Waals surface area contributed by atoms with Gasteiger partial charge in [-0.25, -0.2) is 9.37 Å². The number of pyridine rings is 2. The van der Waals surface area contributed by atoms with E-state index in [4.69, 9.17) is 10.5 Å². The monoisotopic (exact) mass is 584 g/mol. The van der Waals surface area contributed by atoms with E-state index < -0.39 is 47.3 Å². The maximum absolute atomic E-state index is 13.6. The highest BCUT2D eigenvalue weighted by Gasteiger charge is 2.45. The van der Waals surface area contributed by atoms with Crippen LogP contribution in [0.1, 0.15) is 35.5 Å². The highest BCUT2D eigenvalue weighted by Crippen LogP contribution is 2.45. The summed E-state index contributed by atoms with van der Waals surface area (Å²) >= 11 is 0. The van der Waals surface area contributed by atoms with Gasteiger partial charge in [-0.15, -0.1) is 13.2 Å². The molecule has 0 radical (unpaired) electrons. The van der Waals surface area contributed by atoms with Crippen LogP contribution >= 0.6 is 0 Å². The molecule has 0 fully saturated rings. The molecule has 0 aliphatic carbocycles. The number of halogens is 4. The number of hydrogen-bond donors (Lipinski definition) is 3. The van der Waals surface area contributed by atoms with Gasteiger partial charge in [0.15, 0.2) is 5.75 Å². The minimum absolute atomic E-state index is 0.0302. The molecule has 1 aliphatic rings. The first kappa shape index (κ1) is 28.7. The topological polar surface area (TPSA) is 137 Å². The number of nitrogens with zero attached hydrogens (tertiary/aromatic N) is 2. The van der Waals surface area contributed by atoms with Gasteiger partial charge in [-0.05, 0) is 62.4 Å². The van der Waals surface area contributed by atoms with Crippen LogP contribution in [0, 0.1) is 5.82 Å². The van der Waals surface area contributed by atoms with Gasteiger partial charge in [0.1, 0.15) is 40.4 Å². The van der Waals surface area contributed by atoms with E-state index in [1.165, 1.54) is 61.7 Å². The fourth-order valence-corrected chi connectivity index (χ4v) is 4.60. The zero-order chi connectivity index (χ0) is 30.4. The number of hydrogen-bond acceptors (Lipinski definition) is 7. The summed E-state index contributed by atoms with van der Waals surface area (Å²) in [6.45, 7) is 2.41. The number of nitrogens with one attached hydrogen (secondary N) is 1. The number of aromatic nitrogens is 2. The lowest BCUT2D eigenvalue weighted by Crippen LogP contribution is -2.41. The number of carbonyl (C=O) groups is 2. The van der Waals surface area contributed by atoms with Crippen molar-refractivity contribution < 1.29 is 41.7 Å². The predicted octanol–water partition coefficient (Wildman–Crippen LogP) is 4.11. The fraction of sp³-hybridized carbons (Fsp3) is 0.241. The van der Waals surface area contributed by atoms with Gasteiger partial charge in [-0.2, -0.15) is 0 Å². The summed E-state index contributed by atoms with van der Waals surface area (Å²) in [7, 11) is 0. The van der Waals surface area contributed by atoms with Crippen LogP contribution < -0.4 is 20.5 Å². The van der Waals surface area contributed by atoms with E-state index in [0.717, 1.165) is 6.07 Å². The number of benzene rings is 2. The molecule has 5 rings (SSSR count). The average molecular weight is 585 g/mol. The maximum atomic E-state index is 13.6. The Labute approximate surface area is 236 Å². The first-order valence-electron chi connectivity index (χ1n) is 12.6. The van der Waals surface area contributed by atoms with Gasteiger partial charge in [0.2, 0.25) is 5.91 Å². The van der Waals surface area contributed by atoms with Crippen molar-refractivity contribution in [1.29, 1.82) is 0 Å². The molecule has 4 aromatic rings. The molecule has 0 unspecified atom stereocenters. The van der Waals surface area contributed by atoms with Crippen molar-refractivity contribution in [2.24, 2.45) is 5.73 Å². The number of alkyl halides is 3. The van der Waals surface area contributed by atoms with Crippen molar-refractivity contribution in [3.63, 3.8) is 0 Å². The Kier molecular flexibility index (Phi) is 7.01. The van der Waals surface area contributed by atoms with Gasteiger partial charge in [-0.3, -0.25) is 14.6 Å². The normalized spacial score (nSPS) is 17.7. The minimum atomic E-state index is -5.02. The minimum Gasteiger partial charge on any atom is -0.489 e. The SMILES string of the molecule is C[C@](O)(CNC(=O)c1cc(OC(F)(F)F)c2ncccc2c1)c1cc2c(c(-c3ccc(F)cc3)n1)OC[C@]2(C)C(N)=O. The molecule has 0 saturated carbocycles. The number of amides is 2. The fourth-order valence-electron chi connectivity index (χ4n) is 4.60. The van der Waals surface area contributed by atoms with E-state index in [-0.39, 0.29) is 40.2 Å². The van der Waals surface area contributed by atoms with Gasteiger partial charge < -0.3 is 25.6 Å². The number of primary amides is 1. The second-order valence-electron chi connectivity index (χ2n) is 10.3. The van der Waals surface area contributed by atoms with Crippen molar-refractivity contribution in [2.45, 2.75) is 31.2 Å². The third-order valence-corrected chi connectivity index (χ3v) is 7.04. The molecule has 4 N–H and O–H groups in total. The van der Waals surface area contributed by atoms with Crippen LogP contribution in [-0.4, -0.2) is 46.4 Å². The van der Waals surface area contributed by atoms with Crippen LogP contribution in [0.4, 0.5) is 17.6 Å². The van der Waals surface area contributed by atoms with Crippen molar-refractivity contribution in [1.82, 2.24) is 15.3 Å². The zero-order valence-corrected chi connectivity index (χ0v) is 22.3. The van der Waals surface area contributed by atoms with E-state index in [1.807, 2.05) is 0 Å². The number of rotatable bonds is 7. The van der Waals surface area contributed by atoms with Gasteiger partial charge in [0.05, 0.1) is 12.2 Å². The molecular formula is C29H24F4N4O5. The molecule has 9 nitrogen and oxygen atoms in total. The molecule has 3 heterocycles. The van der Waals surface area contributed by atoms with E-state index in [2.05, 4.69) is 20.0 Å². The molecule has 2 atom stereocenters. The van der Waals surface area contributed by atoms with Gasteiger partial charge in [0, 0.05) is 28.3 Å². The Hall–Kier alpha value is -4.78. The van der Waals surface area contributed by atoms with Crippen LogP contribution in [0.3, 0.4) is 0 Å². The smallest absolute Gasteiger partial charge is 0.489 e. The van der Waals surface area contributed by atoms with E-state index in [0.29, 0.717) is 11.1 Å². The zero-order valence-electron chi connectivity index (χ0n) is 22.3. The van der Waals surface area contributed by atoms with E-state index in [9.17, 15) is 32.3 Å². The van der Waals surface area contributed by atoms with Crippen LogP contribution in [0.15, 0.2) is 60.8 Å². The van der Waals surface area contributed by atoms with Crippen LogP contribution in [0.5, 0.6) is 11.5 Å². The molecule has 13 heteroatoms. The summed E-state index contributed by atoms with van der Waals surface area (Å²) in [5.41, 5.74) is 3.32. The maximum Gasteiger partial charge on any atom is 0.573 e. The number of fused-ring (bicyclic) bond motifs is 2. The van der Waals surface area contributed by atoms with Crippen molar-refractivity contribution in [3.05, 3.63) is 83.4 Å². The Bertz CT molecular complexity index is 1710. The summed E-state index contributed by atoms with van der Waals surface area (Å²) in [6.07, 6.45) is -3.73. The second kappa shape index (κ2) is 10.2. The van der Waals surface area contributed by atoms with Crippen molar-refractivity contribution in [3.8, 4) is 22.8 Å². The first-order chi connectivity index (χ1) is 19.7. The average Bonchev–Trinajstić information content (AvgIpc) is 3.29. The molecule has 42 heavy (non-hydrogen) atoms. The lowest BCUT2D eigenvalue weighted by Gasteiger charge is -2.26. The molecule has 1 aliphatic heterocycles. The van der Waals surface area contributed by atoms with Crippen LogP contribution in [0.2, 0.25) is 0 Å². The van der Waals surface area contributed by atoms with Gasteiger partial charge in [0.25, 0.3) is 5.91 Å². The molecule has 2 aromatic heterocycles. The molecule has 0 bridgehead atoms. The molecule has 0 spiro atoms. The largest absolute Gasteiger partial charge is 0.573 e. The summed E-state index contributed by atoms with van der Waals surface area (Å²) in [6, 6.07) is 12.0. The third kappa shape index (κ3) is 5.42. The molecule has 218 valence electrons. The first-order valence-corrected chi connectivity index (χ1v) is 12.6. The van der Waals surface area contributed by atoms with E-state index in [1.54, 1.807) is 6.92 Å². The van der Waals surface area contributed by atoms with Gasteiger partial charge >= 0.3 is 6.36 Å². The van der Waals surface area contributed by atoms with Crippen LogP contribution in [-0.2, 0) is 15.8 Å². The lowest BCUT2D eigenvalue weighted by molar-refractivity contribution is -0.274. The number of nitrogens with two attached hydrogens (primary N) is 1. The highest BCUT2D eigenvalue weighted by molar-refractivity contribution is 6.00. The van der Waals surface area contributed by atoms with Gasteiger partial charge in [-0.1, -0.05) is 6.07 Å². The summed E-state index contributed by atoms with van der Waals surface area (Å²) in [5.74, 6) is -2.39. The van der Waals surface area contributed by atoms with Crippen molar-refractivity contribution >= 4 is 22.7 Å².